The van der Waals surface area contributed by atoms with Gasteiger partial charge in [-0.1, -0.05) is 30.1 Å². The van der Waals surface area contributed by atoms with Crippen molar-refractivity contribution in [3.63, 3.8) is 0 Å². The molecule has 2 aromatic rings. The van der Waals surface area contributed by atoms with Gasteiger partial charge in [-0.3, -0.25) is 4.79 Å². The number of benzene rings is 2. The monoisotopic (exact) mass is 341 g/mol. The highest BCUT2D eigenvalue weighted by molar-refractivity contribution is 6.36. The van der Waals surface area contributed by atoms with Crippen LogP contribution >= 0.6 is 23.2 Å². The normalized spacial score (nSPS) is 11.8. The summed E-state index contributed by atoms with van der Waals surface area (Å²) >= 11 is 11.8. The molecule has 22 heavy (non-hydrogen) atoms. The van der Waals surface area contributed by atoms with Gasteiger partial charge in [-0.25, -0.2) is 4.39 Å². The lowest BCUT2D eigenvalue weighted by molar-refractivity contribution is -0.122. The number of hydrogen-bond acceptors (Lipinski definition) is 2. The molecular formula is C16H14Cl2FNO2. The van der Waals surface area contributed by atoms with E-state index in [9.17, 15) is 9.18 Å². The molecule has 0 aliphatic carbocycles. The molecule has 6 heteroatoms. The third-order valence-electron chi connectivity index (χ3n) is 2.94. The van der Waals surface area contributed by atoms with Gasteiger partial charge in [0.2, 0.25) is 0 Å². The summed E-state index contributed by atoms with van der Waals surface area (Å²) in [4.78, 5) is 12.3. The number of ether oxygens (including phenoxy) is 1. The van der Waals surface area contributed by atoms with Crippen molar-refractivity contribution >= 4 is 34.8 Å². The lowest BCUT2D eigenvalue weighted by Gasteiger charge is -2.17. The standard InChI is InChI=1S/C16H14Cl2FNO2/c1-2-15(22-12-6-4-11(19)5-7-12)16(21)20-14-8-3-10(17)9-13(14)18/h3-9,15H,2H2,1H3,(H,20,21)/t15-/m1/s1. The minimum Gasteiger partial charge on any atom is -0.481 e. The fourth-order valence-electron chi connectivity index (χ4n) is 1.80. The average molecular weight is 342 g/mol. The molecule has 0 unspecified atom stereocenters. The smallest absolute Gasteiger partial charge is 0.265 e. The summed E-state index contributed by atoms with van der Waals surface area (Å²) in [7, 11) is 0. The summed E-state index contributed by atoms with van der Waals surface area (Å²) in [5, 5.41) is 3.52. The molecule has 0 heterocycles. The van der Waals surface area contributed by atoms with Crippen molar-refractivity contribution < 1.29 is 13.9 Å². The molecule has 0 aliphatic rings. The van der Waals surface area contributed by atoms with Crippen LogP contribution in [0.4, 0.5) is 10.1 Å². The van der Waals surface area contributed by atoms with Gasteiger partial charge in [0, 0.05) is 5.02 Å². The fourth-order valence-corrected chi connectivity index (χ4v) is 2.26. The minimum absolute atomic E-state index is 0.337. The largest absolute Gasteiger partial charge is 0.481 e. The Hall–Kier alpha value is -1.78. The molecule has 1 amide bonds. The number of carbonyl (C=O) groups is 1. The average Bonchev–Trinajstić information content (AvgIpc) is 2.49. The Bertz CT molecular complexity index is 662. The first-order valence-electron chi connectivity index (χ1n) is 6.67. The van der Waals surface area contributed by atoms with Gasteiger partial charge in [0.15, 0.2) is 6.10 Å². The Balaban J connectivity index is 2.06. The van der Waals surface area contributed by atoms with Gasteiger partial charge >= 0.3 is 0 Å². The van der Waals surface area contributed by atoms with Crippen LogP contribution in [0.5, 0.6) is 5.75 Å². The zero-order chi connectivity index (χ0) is 16.1. The molecule has 0 saturated heterocycles. The molecule has 0 spiro atoms. The molecule has 2 aromatic carbocycles. The Labute approximate surface area is 138 Å². The van der Waals surface area contributed by atoms with Crippen LogP contribution in [-0.2, 0) is 4.79 Å². The van der Waals surface area contributed by atoms with Crippen molar-refractivity contribution in [2.75, 3.05) is 5.32 Å². The highest BCUT2D eigenvalue weighted by atomic mass is 35.5. The quantitative estimate of drug-likeness (QED) is 0.837. The molecule has 0 aliphatic heterocycles. The maximum absolute atomic E-state index is 12.9. The second kappa shape index (κ2) is 7.47. The predicted molar refractivity (Wildman–Crippen MR) is 86.2 cm³/mol. The van der Waals surface area contributed by atoms with E-state index < -0.39 is 6.10 Å². The van der Waals surface area contributed by atoms with Gasteiger partial charge in [-0.2, -0.15) is 0 Å². The molecule has 0 aromatic heterocycles. The molecule has 3 nitrogen and oxygen atoms in total. The van der Waals surface area contributed by atoms with Crippen molar-refractivity contribution in [3.05, 3.63) is 58.3 Å². The van der Waals surface area contributed by atoms with Crippen molar-refractivity contribution in [2.24, 2.45) is 0 Å². The van der Waals surface area contributed by atoms with E-state index in [0.29, 0.717) is 27.9 Å². The van der Waals surface area contributed by atoms with E-state index in [0.717, 1.165) is 0 Å². The van der Waals surface area contributed by atoms with Crippen molar-refractivity contribution in [3.8, 4) is 5.75 Å². The van der Waals surface area contributed by atoms with Crippen LogP contribution in [-0.4, -0.2) is 12.0 Å². The third-order valence-corrected chi connectivity index (χ3v) is 3.49. The number of amides is 1. The van der Waals surface area contributed by atoms with Crippen LogP contribution in [0.2, 0.25) is 10.0 Å². The van der Waals surface area contributed by atoms with Crippen LogP contribution in [0, 0.1) is 5.82 Å². The maximum atomic E-state index is 12.9. The van der Waals surface area contributed by atoms with Crippen LogP contribution in [0.15, 0.2) is 42.5 Å². The van der Waals surface area contributed by atoms with Crippen molar-refractivity contribution in [1.29, 1.82) is 0 Å². The van der Waals surface area contributed by atoms with Gasteiger partial charge in [0.05, 0.1) is 10.7 Å². The molecule has 1 N–H and O–H groups in total. The molecule has 0 fully saturated rings. The zero-order valence-electron chi connectivity index (χ0n) is 11.8. The van der Waals surface area contributed by atoms with Crippen molar-refractivity contribution in [1.82, 2.24) is 0 Å². The molecular weight excluding hydrogens is 328 g/mol. The highest BCUT2D eigenvalue weighted by Gasteiger charge is 2.19. The summed E-state index contributed by atoms with van der Waals surface area (Å²) in [5.41, 5.74) is 0.456. The first kappa shape index (κ1) is 16.6. The van der Waals surface area contributed by atoms with Gasteiger partial charge in [0.1, 0.15) is 11.6 Å². The minimum atomic E-state index is -0.711. The summed E-state index contributed by atoms with van der Waals surface area (Å²) in [5.74, 6) is -0.278. The fraction of sp³-hybridized carbons (Fsp3) is 0.188. The summed E-state index contributed by atoms with van der Waals surface area (Å²) in [6.45, 7) is 1.82. The van der Waals surface area contributed by atoms with E-state index in [1.165, 1.54) is 24.3 Å². The number of anilines is 1. The van der Waals surface area contributed by atoms with Gasteiger partial charge in [0.25, 0.3) is 5.91 Å². The molecule has 0 radical (unpaired) electrons. The lowest BCUT2D eigenvalue weighted by Crippen LogP contribution is -2.32. The Kier molecular flexibility index (Phi) is 5.63. The second-order valence-electron chi connectivity index (χ2n) is 4.58. The summed E-state index contributed by atoms with van der Waals surface area (Å²) in [6, 6.07) is 10.3. The number of halogens is 3. The SMILES string of the molecule is CC[C@@H](Oc1ccc(F)cc1)C(=O)Nc1ccc(Cl)cc1Cl. The van der Waals surface area contributed by atoms with E-state index in [1.54, 1.807) is 18.2 Å². The number of rotatable bonds is 5. The van der Waals surface area contributed by atoms with E-state index in [-0.39, 0.29) is 11.7 Å². The number of nitrogens with one attached hydrogen (secondary N) is 1. The Morgan fingerprint density at radius 1 is 1.23 bits per heavy atom. The first-order valence-corrected chi connectivity index (χ1v) is 7.43. The number of carbonyl (C=O) groups excluding carboxylic acids is 1. The molecule has 2 rings (SSSR count). The molecule has 116 valence electrons. The maximum Gasteiger partial charge on any atom is 0.265 e. The van der Waals surface area contributed by atoms with E-state index in [2.05, 4.69) is 5.32 Å². The van der Waals surface area contributed by atoms with Crippen molar-refractivity contribution in [2.45, 2.75) is 19.4 Å². The first-order chi connectivity index (χ1) is 10.5. The second-order valence-corrected chi connectivity index (χ2v) is 5.43. The molecule has 0 saturated carbocycles. The number of hydrogen-bond donors (Lipinski definition) is 1. The Morgan fingerprint density at radius 2 is 1.91 bits per heavy atom. The van der Waals surface area contributed by atoms with Crippen LogP contribution in [0.1, 0.15) is 13.3 Å². The summed E-state index contributed by atoms with van der Waals surface area (Å²) < 4.78 is 18.4. The Morgan fingerprint density at radius 3 is 2.50 bits per heavy atom. The van der Waals surface area contributed by atoms with Gasteiger partial charge < -0.3 is 10.1 Å². The predicted octanol–water partition coefficient (Wildman–Crippen LogP) is 4.93. The van der Waals surface area contributed by atoms with E-state index in [1.807, 2.05) is 6.92 Å². The zero-order valence-corrected chi connectivity index (χ0v) is 13.3. The summed E-state index contributed by atoms with van der Waals surface area (Å²) in [6.07, 6.45) is -0.258. The van der Waals surface area contributed by atoms with Crippen LogP contribution < -0.4 is 10.1 Å². The van der Waals surface area contributed by atoms with Crippen LogP contribution in [0.25, 0.3) is 0 Å². The highest BCUT2D eigenvalue weighted by Crippen LogP contribution is 2.26. The van der Waals surface area contributed by atoms with E-state index >= 15 is 0 Å². The lowest BCUT2D eigenvalue weighted by atomic mass is 10.2. The van der Waals surface area contributed by atoms with Gasteiger partial charge in [-0.05, 0) is 48.9 Å². The molecule has 1 atom stereocenters. The third kappa shape index (κ3) is 4.36. The molecule has 0 bridgehead atoms. The van der Waals surface area contributed by atoms with Gasteiger partial charge in [-0.15, -0.1) is 0 Å². The topological polar surface area (TPSA) is 38.3 Å². The van der Waals surface area contributed by atoms with Crippen LogP contribution in [0.3, 0.4) is 0 Å². The van der Waals surface area contributed by atoms with E-state index in [4.69, 9.17) is 27.9 Å².